The molecule has 0 radical (unpaired) electrons. The van der Waals surface area contributed by atoms with Gasteiger partial charge in [0.05, 0.1) is 7.11 Å². The van der Waals surface area contributed by atoms with E-state index in [0.717, 1.165) is 5.56 Å². The fraction of sp³-hybridized carbons (Fsp3) is 0.0800. The minimum atomic E-state index is -0.248. The molecule has 0 aliphatic carbocycles. The second-order valence-electron chi connectivity index (χ2n) is 6.88. The fourth-order valence-electron chi connectivity index (χ4n) is 3.13. The second-order valence-corrected chi connectivity index (χ2v) is 6.88. The molecule has 4 aromatic rings. The van der Waals surface area contributed by atoms with Crippen LogP contribution in [0, 0.1) is 0 Å². The number of aromatic nitrogens is 1. The van der Waals surface area contributed by atoms with Gasteiger partial charge < -0.3 is 14.5 Å². The number of nitrogens with one attached hydrogen (secondary N) is 1. The predicted octanol–water partition coefficient (Wildman–Crippen LogP) is 5.47. The molecule has 1 N–H and O–H groups in total. The normalized spacial score (nSPS) is 10.5. The van der Waals surface area contributed by atoms with Crippen LogP contribution in [-0.2, 0) is 0 Å². The molecule has 0 spiro atoms. The van der Waals surface area contributed by atoms with E-state index in [1.165, 1.54) is 6.92 Å². The van der Waals surface area contributed by atoms with Gasteiger partial charge in [-0.25, -0.2) is 4.98 Å². The third-order valence-electron chi connectivity index (χ3n) is 4.72. The molecular weight excluding hydrogens is 392 g/mol. The Bertz CT molecular complexity index is 1230. The number of oxazole rings is 1. The predicted molar refractivity (Wildman–Crippen MR) is 118 cm³/mol. The van der Waals surface area contributed by atoms with Crippen molar-refractivity contribution >= 4 is 17.4 Å². The van der Waals surface area contributed by atoms with Gasteiger partial charge in [-0.2, -0.15) is 0 Å². The van der Waals surface area contributed by atoms with Crippen LogP contribution in [0.1, 0.15) is 27.8 Å². The lowest BCUT2D eigenvalue weighted by Gasteiger charge is -2.07. The Kier molecular flexibility index (Phi) is 5.62. The first kappa shape index (κ1) is 20.1. The number of carbonyl (C=O) groups excluding carboxylic acids is 2. The number of nitrogens with zero attached hydrogens (tertiary/aromatic N) is 1. The van der Waals surface area contributed by atoms with Crippen molar-refractivity contribution in [3.63, 3.8) is 0 Å². The lowest BCUT2D eigenvalue weighted by atomic mass is 10.1. The van der Waals surface area contributed by atoms with Crippen molar-refractivity contribution in [2.24, 2.45) is 0 Å². The lowest BCUT2D eigenvalue weighted by molar-refractivity contribution is 0.101. The topological polar surface area (TPSA) is 81.4 Å². The molecule has 0 aliphatic rings. The van der Waals surface area contributed by atoms with E-state index >= 15 is 0 Å². The number of ether oxygens (including phenoxy) is 1. The maximum absolute atomic E-state index is 12.5. The summed E-state index contributed by atoms with van der Waals surface area (Å²) in [5.74, 6) is 0.964. The van der Waals surface area contributed by atoms with Crippen LogP contribution < -0.4 is 10.1 Å². The van der Waals surface area contributed by atoms with E-state index in [2.05, 4.69) is 10.3 Å². The number of benzene rings is 3. The summed E-state index contributed by atoms with van der Waals surface area (Å²) in [6.07, 6.45) is 0. The van der Waals surface area contributed by atoms with Crippen molar-refractivity contribution in [1.82, 2.24) is 4.98 Å². The number of hydrogen-bond acceptors (Lipinski definition) is 5. The van der Waals surface area contributed by atoms with Crippen LogP contribution in [0.25, 0.3) is 22.8 Å². The van der Waals surface area contributed by atoms with Crippen LogP contribution in [0.3, 0.4) is 0 Å². The van der Waals surface area contributed by atoms with Crippen LogP contribution in [0.15, 0.2) is 83.3 Å². The van der Waals surface area contributed by atoms with Gasteiger partial charge in [-0.15, -0.1) is 0 Å². The van der Waals surface area contributed by atoms with Crippen LogP contribution in [0.5, 0.6) is 5.75 Å². The van der Waals surface area contributed by atoms with Gasteiger partial charge in [0.15, 0.2) is 17.2 Å². The Labute approximate surface area is 179 Å². The van der Waals surface area contributed by atoms with Gasteiger partial charge in [-0.05, 0) is 54.6 Å². The van der Waals surface area contributed by atoms with Crippen molar-refractivity contribution in [3.8, 4) is 28.5 Å². The van der Waals surface area contributed by atoms with E-state index in [1.807, 2.05) is 30.3 Å². The zero-order chi connectivity index (χ0) is 21.8. The molecule has 0 fully saturated rings. The number of anilines is 1. The molecule has 0 bridgehead atoms. The largest absolute Gasteiger partial charge is 0.497 e. The third-order valence-corrected chi connectivity index (χ3v) is 4.72. The fourth-order valence-corrected chi connectivity index (χ4v) is 3.13. The SMILES string of the molecule is COc1cccc(C(=O)Nc2ccc(-c3oc(-c4ccccc4)nc3C(C)=O)cc2)c1. The van der Waals surface area contributed by atoms with Gasteiger partial charge in [0.25, 0.3) is 5.91 Å². The number of rotatable bonds is 6. The molecule has 0 saturated carbocycles. The van der Waals surface area contributed by atoms with E-state index in [4.69, 9.17) is 9.15 Å². The van der Waals surface area contributed by atoms with Crippen LogP contribution in [0.2, 0.25) is 0 Å². The first-order valence-corrected chi connectivity index (χ1v) is 9.68. The first-order valence-electron chi connectivity index (χ1n) is 9.68. The molecule has 1 aromatic heterocycles. The minimum absolute atomic E-state index is 0.184. The van der Waals surface area contributed by atoms with E-state index in [9.17, 15) is 9.59 Å². The molecule has 1 amide bonds. The van der Waals surface area contributed by atoms with Gasteiger partial charge in [-0.3, -0.25) is 9.59 Å². The Balaban J connectivity index is 1.58. The van der Waals surface area contributed by atoms with Gasteiger partial charge in [0, 0.05) is 29.3 Å². The molecule has 154 valence electrons. The van der Waals surface area contributed by atoms with E-state index in [1.54, 1.807) is 55.6 Å². The summed E-state index contributed by atoms with van der Waals surface area (Å²) in [6.45, 7) is 1.46. The summed E-state index contributed by atoms with van der Waals surface area (Å²) in [6, 6.07) is 23.4. The van der Waals surface area contributed by atoms with E-state index in [0.29, 0.717) is 34.2 Å². The Morgan fingerprint density at radius 2 is 1.65 bits per heavy atom. The minimum Gasteiger partial charge on any atom is -0.497 e. The molecule has 6 heteroatoms. The summed E-state index contributed by atoms with van der Waals surface area (Å²) in [7, 11) is 1.55. The highest BCUT2D eigenvalue weighted by molar-refractivity contribution is 6.04. The molecule has 31 heavy (non-hydrogen) atoms. The summed E-state index contributed by atoms with van der Waals surface area (Å²) in [5, 5.41) is 2.85. The molecule has 4 rings (SSSR count). The van der Waals surface area contributed by atoms with E-state index < -0.39 is 0 Å². The molecule has 0 saturated heterocycles. The highest BCUT2D eigenvalue weighted by Crippen LogP contribution is 2.31. The van der Waals surface area contributed by atoms with Crippen LogP contribution in [-0.4, -0.2) is 23.8 Å². The maximum Gasteiger partial charge on any atom is 0.255 e. The Morgan fingerprint density at radius 3 is 2.32 bits per heavy atom. The summed E-state index contributed by atoms with van der Waals surface area (Å²) >= 11 is 0. The molecular formula is C25H20N2O4. The molecule has 0 unspecified atom stereocenters. The number of carbonyl (C=O) groups is 2. The molecule has 1 heterocycles. The number of Topliss-reactive ketones (excluding diaryl/α,β-unsaturated/α-hetero) is 1. The third kappa shape index (κ3) is 4.38. The molecule has 3 aromatic carbocycles. The monoisotopic (exact) mass is 412 g/mol. The highest BCUT2D eigenvalue weighted by atomic mass is 16.5. The highest BCUT2D eigenvalue weighted by Gasteiger charge is 2.19. The average molecular weight is 412 g/mol. The Morgan fingerprint density at radius 1 is 0.903 bits per heavy atom. The molecule has 0 atom stereocenters. The lowest BCUT2D eigenvalue weighted by Crippen LogP contribution is -2.11. The van der Waals surface area contributed by atoms with Crippen LogP contribution in [0.4, 0.5) is 5.69 Å². The van der Waals surface area contributed by atoms with Gasteiger partial charge in [0.2, 0.25) is 5.89 Å². The van der Waals surface area contributed by atoms with Crippen molar-refractivity contribution in [1.29, 1.82) is 0 Å². The summed E-state index contributed by atoms with van der Waals surface area (Å²) in [5.41, 5.74) is 2.86. The summed E-state index contributed by atoms with van der Waals surface area (Å²) < 4.78 is 11.1. The number of methoxy groups -OCH3 is 1. The maximum atomic E-state index is 12.5. The number of ketones is 1. The average Bonchev–Trinajstić information content (AvgIpc) is 3.26. The van der Waals surface area contributed by atoms with Gasteiger partial charge in [-0.1, -0.05) is 24.3 Å². The zero-order valence-electron chi connectivity index (χ0n) is 17.1. The van der Waals surface area contributed by atoms with Gasteiger partial charge >= 0.3 is 0 Å². The first-order chi connectivity index (χ1) is 15.0. The number of hydrogen-bond donors (Lipinski definition) is 1. The smallest absolute Gasteiger partial charge is 0.255 e. The van der Waals surface area contributed by atoms with Crippen molar-refractivity contribution in [2.75, 3.05) is 12.4 Å². The quantitative estimate of drug-likeness (QED) is 0.425. The zero-order valence-corrected chi connectivity index (χ0v) is 17.1. The van der Waals surface area contributed by atoms with Crippen LogP contribution >= 0.6 is 0 Å². The molecule has 6 nitrogen and oxygen atoms in total. The second kappa shape index (κ2) is 8.67. The van der Waals surface area contributed by atoms with Crippen molar-refractivity contribution in [2.45, 2.75) is 6.92 Å². The van der Waals surface area contributed by atoms with Crippen molar-refractivity contribution < 1.29 is 18.7 Å². The number of amides is 1. The Hall–Kier alpha value is -4.19. The van der Waals surface area contributed by atoms with Crippen molar-refractivity contribution in [3.05, 3.63) is 90.1 Å². The summed E-state index contributed by atoms with van der Waals surface area (Å²) in [4.78, 5) is 29.0. The molecule has 0 aliphatic heterocycles. The standard InChI is InChI=1S/C25H20N2O4/c1-16(28)22-23(31-25(27-22)18-7-4-3-5-8-18)17-11-13-20(14-12-17)26-24(29)19-9-6-10-21(15-19)30-2/h3-15H,1-2H3,(H,26,29). The van der Waals surface area contributed by atoms with Gasteiger partial charge in [0.1, 0.15) is 5.75 Å². The van der Waals surface area contributed by atoms with E-state index in [-0.39, 0.29) is 17.4 Å².